The van der Waals surface area contributed by atoms with Gasteiger partial charge in [0.25, 0.3) is 5.91 Å². The van der Waals surface area contributed by atoms with Crippen molar-refractivity contribution in [2.75, 3.05) is 16.8 Å². The summed E-state index contributed by atoms with van der Waals surface area (Å²) in [5, 5.41) is 12.7. The smallest absolute Gasteiger partial charge is 0.381 e. The minimum absolute atomic E-state index is 0.173. The van der Waals surface area contributed by atoms with Crippen LogP contribution in [0.15, 0.2) is 87.6 Å². The number of amidine groups is 1. The second kappa shape index (κ2) is 10.2. The number of carbonyl (C=O) groups is 1. The van der Waals surface area contributed by atoms with Crippen molar-refractivity contribution in [3.8, 4) is 0 Å². The molecule has 10 heteroatoms. The second-order valence-corrected chi connectivity index (χ2v) is 10.5. The Balaban J connectivity index is 1.32. The van der Waals surface area contributed by atoms with Crippen molar-refractivity contribution in [2.24, 2.45) is 0 Å². The molecule has 3 aromatic carbocycles. The number of nitrogens with zero attached hydrogens (tertiary/aromatic N) is 2. The lowest BCUT2D eigenvalue weighted by atomic mass is 10.1. The fourth-order valence-electron chi connectivity index (χ4n) is 4.15. The van der Waals surface area contributed by atoms with Gasteiger partial charge in [0, 0.05) is 23.7 Å². The summed E-state index contributed by atoms with van der Waals surface area (Å²) in [5.41, 5.74) is 2.85. The fourth-order valence-corrected chi connectivity index (χ4v) is 6.44. The lowest BCUT2D eigenvalue weighted by molar-refractivity contribution is -0.137. The van der Waals surface area contributed by atoms with Gasteiger partial charge < -0.3 is 10.2 Å². The first-order valence-electron chi connectivity index (χ1n) is 11.6. The van der Waals surface area contributed by atoms with E-state index in [2.05, 4.69) is 10.2 Å². The first kappa shape index (κ1) is 25.3. The number of halogens is 3. The van der Waals surface area contributed by atoms with Crippen LogP contribution in [0, 0.1) is 5.41 Å². The van der Waals surface area contributed by atoms with Crippen molar-refractivity contribution < 1.29 is 18.0 Å². The van der Waals surface area contributed by atoms with E-state index in [4.69, 9.17) is 5.41 Å². The van der Waals surface area contributed by atoms with Crippen LogP contribution in [0.25, 0.3) is 0 Å². The van der Waals surface area contributed by atoms with E-state index in [1.54, 1.807) is 0 Å². The van der Waals surface area contributed by atoms with E-state index in [1.807, 2.05) is 55.5 Å². The van der Waals surface area contributed by atoms with Crippen molar-refractivity contribution in [1.29, 1.82) is 5.41 Å². The van der Waals surface area contributed by atoms with Gasteiger partial charge in [-0.2, -0.15) is 13.2 Å². The van der Waals surface area contributed by atoms with Crippen LogP contribution in [0.3, 0.4) is 0 Å². The molecule has 2 aliphatic heterocycles. The van der Waals surface area contributed by atoms with Gasteiger partial charge in [-0.15, -0.1) is 0 Å². The maximum absolute atomic E-state index is 13.3. The Morgan fingerprint density at radius 1 is 0.919 bits per heavy atom. The minimum Gasteiger partial charge on any atom is -0.381 e. The highest BCUT2D eigenvalue weighted by Crippen LogP contribution is 2.51. The minimum atomic E-state index is -4.35. The van der Waals surface area contributed by atoms with Gasteiger partial charge in [0.05, 0.1) is 17.8 Å². The third-order valence-corrected chi connectivity index (χ3v) is 8.34. The summed E-state index contributed by atoms with van der Waals surface area (Å²) in [4.78, 5) is 18.4. The summed E-state index contributed by atoms with van der Waals surface area (Å²) in [6, 6.07) is 20.6. The molecule has 0 aromatic heterocycles. The van der Waals surface area contributed by atoms with Crippen molar-refractivity contribution in [1.82, 2.24) is 4.90 Å². The standard InChI is InChI=1S/C27H23F3N4OS2/c1-2-33-21-13-12-20(32-15-17-8-10-19(11-9-17)27(28,29)30)14-22(21)36-25(33)23-24(35)34(26(31)37-23)16-18-6-4-3-5-7-18/h3-14,31-32H,2,15-16H2,1H3/b25-23-,31-26?. The number of nitrogens with one attached hydrogen (secondary N) is 2. The van der Waals surface area contributed by atoms with E-state index < -0.39 is 11.7 Å². The number of alkyl halides is 3. The number of amides is 1. The first-order chi connectivity index (χ1) is 17.7. The number of rotatable bonds is 6. The zero-order chi connectivity index (χ0) is 26.2. The summed E-state index contributed by atoms with van der Waals surface area (Å²) in [6.45, 7) is 3.41. The van der Waals surface area contributed by atoms with Crippen molar-refractivity contribution in [2.45, 2.75) is 31.1 Å². The molecule has 5 nitrogen and oxygen atoms in total. The lowest BCUT2D eigenvalue weighted by Crippen LogP contribution is -2.29. The van der Waals surface area contributed by atoms with Crippen LogP contribution in [0.1, 0.15) is 23.6 Å². The number of hydrogen-bond acceptors (Lipinski definition) is 6. The number of benzene rings is 3. The topological polar surface area (TPSA) is 59.4 Å². The molecule has 5 rings (SSSR count). The van der Waals surface area contributed by atoms with Gasteiger partial charge in [-0.1, -0.05) is 54.2 Å². The Morgan fingerprint density at radius 3 is 2.32 bits per heavy atom. The molecular weight excluding hydrogens is 517 g/mol. The van der Waals surface area contributed by atoms with Crippen LogP contribution in [0.5, 0.6) is 0 Å². The molecule has 3 aromatic rings. The van der Waals surface area contributed by atoms with Crippen molar-refractivity contribution in [3.63, 3.8) is 0 Å². The Kier molecular flexibility index (Phi) is 6.96. The zero-order valence-corrected chi connectivity index (χ0v) is 21.4. The Morgan fingerprint density at radius 2 is 1.65 bits per heavy atom. The molecule has 0 bridgehead atoms. The molecule has 0 aliphatic carbocycles. The molecule has 0 saturated carbocycles. The van der Waals surface area contributed by atoms with E-state index in [0.29, 0.717) is 24.5 Å². The SMILES string of the molecule is CCN1/C(=C2/SC(=N)N(Cc3ccccc3)C2=O)Sc2cc(NCc3ccc(C(F)(F)F)cc3)ccc21. The van der Waals surface area contributed by atoms with E-state index in [9.17, 15) is 18.0 Å². The Labute approximate surface area is 221 Å². The number of fused-ring (bicyclic) bond motifs is 1. The quantitative estimate of drug-likeness (QED) is 0.326. The van der Waals surface area contributed by atoms with Crippen LogP contribution in [0.2, 0.25) is 0 Å². The molecular formula is C27H23F3N4OS2. The summed E-state index contributed by atoms with van der Waals surface area (Å²) in [5.74, 6) is -0.173. The molecule has 0 unspecified atom stereocenters. The van der Waals surface area contributed by atoms with Gasteiger partial charge in [-0.3, -0.25) is 15.1 Å². The molecule has 0 spiro atoms. The van der Waals surface area contributed by atoms with Gasteiger partial charge in [0.1, 0.15) is 9.93 Å². The molecule has 2 aliphatic rings. The van der Waals surface area contributed by atoms with Crippen molar-refractivity contribution >= 4 is 46.0 Å². The zero-order valence-electron chi connectivity index (χ0n) is 19.8. The maximum Gasteiger partial charge on any atom is 0.416 e. The highest BCUT2D eigenvalue weighted by atomic mass is 32.2. The summed E-state index contributed by atoms with van der Waals surface area (Å²) < 4.78 is 38.4. The molecule has 1 amide bonds. The van der Waals surface area contributed by atoms with Crippen molar-refractivity contribution in [3.05, 3.63) is 99.4 Å². The number of carbonyl (C=O) groups excluding carboxylic acids is 1. The van der Waals surface area contributed by atoms with Gasteiger partial charge in [0.2, 0.25) is 0 Å². The Bertz CT molecular complexity index is 1370. The molecule has 0 radical (unpaired) electrons. The second-order valence-electron chi connectivity index (χ2n) is 8.50. The van der Waals surface area contributed by atoms with Gasteiger partial charge in [-0.25, -0.2) is 0 Å². The molecule has 190 valence electrons. The summed E-state index contributed by atoms with van der Waals surface area (Å²) in [7, 11) is 0. The maximum atomic E-state index is 13.3. The molecule has 1 fully saturated rings. The third-order valence-electron chi connectivity index (χ3n) is 6.06. The van der Waals surface area contributed by atoms with E-state index in [-0.39, 0.29) is 11.1 Å². The van der Waals surface area contributed by atoms with Crippen LogP contribution in [0.4, 0.5) is 24.5 Å². The van der Waals surface area contributed by atoms with Gasteiger partial charge in [0.15, 0.2) is 5.17 Å². The van der Waals surface area contributed by atoms with E-state index in [1.165, 1.54) is 40.6 Å². The van der Waals surface area contributed by atoms with Crippen LogP contribution >= 0.6 is 23.5 Å². The summed E-state index contributed by atoms with van der Waals surface area (Å²) in [6.07, 6.45) is -4.35. The van der Waals surface area contributed by atoms with Crippen LogP contribution in [-0.4, -0.2) is 22.5 Å². The number of hydrogen-bond donors (Lipinski definition) is 2. The monoisotopic (exact) mass is 540 g/mol. The third kappa shape index (κ3) is 5.21. The molecule has 37 heavy (non-hydrogen) atoms. The largest absolute Gasteiger partial charge is 0.416 e. The van der Waals surface area contributed by atoms with Crippen LogP contribution in [-0.2, 0) is 24.1 Å². The van der Waals surface area contributed by atoms with Gasteiger partial charge in [-0.05, 0) is 60.1 Å². The predicted molar refractivity (Wildman–Crippen MR) is 143 cm³/mol. The normalized spacial score (nSPS) is 17.5. The predicted octanol–water partition coefficient (Wildman–Crippen LogP) is 7.13. The number of anilines is 2. The van der Waals surface area contributed by atoms with Gasteiger partial charge >= 0.3 is 6.18 Å². The fraction of sp³-hybridized carbons (Fsp3) is 0.185. The molecule has 2 N–H and O–H groups in total. The van der Waals surface area contributed by atoms with E-state index in [0.717, 1.165) is 44.6 Å². The number of thioether (sulfide) groups is 2. The molecule has 0 atom stereocenters. The molecule has 1 saturated heterocycles. The van der Waals surface area contributed by atoms with E-state index >= 15 is 0 Å². The average Bonchev–Trinajstić information content (AvgIpc) is 3.39. The Hall–Kier alpha value is -3.37. The summed E-state index contributed by atoms with van der Waals surface area (Å²) >= 11 is 2.68. The highest BCUT2D eigenvalue weighted by Gasteiger charge is 2.39. The molecule has 2 heterocycles. The average molecular weight is 541 g/mol. The highest BCUT2D eigenvalue weighted by molar-refractivity contribution is 8.19. The van der Waals surface area contributed by atoms with Crippen LogP contribution < -0.4 is 10.2 Å². The first-order valence-corrected chi connectivity index (χ1v) is 13.2. The lowest BCUT2D eigenvalue weighted by Gasteiger charge is -2.19.